The number of carbonyl (C=O) groups is 1. The molecule has 0 heterocycles. The van der Waals surface area contributed by atoms with Crippen LogP contribution in [-0.4, -0.2) is 6.47 Å². The third-order valence-corrected chi connectivity index (χ3v) is 1.60. The van der Waals surface area contributed by atoms with Crippen molar-refractivity contribution in [3.8, 4) is 0 Å². The second-order valence-electron chi connectivity index (χ2n) is 1.82. The summed E-state index contributed by atoms with van der Waals surface area (Å²) < 4.78 is 0.981. The number of nitrogens with one attached hydrogen (secondary N) is 1. The van der Waals surface area contributed by atoms with Crippen molar-refractivity contribution < 1.29 is 9.63 Å². The van der Waals surface area contributed by atoms with Crippen LogP contribution in [0, 0.1) is 0 Å². The molecule has 0 radical (unpaired) electrons. The molecule has 0 aromatic heterocycles. The van der Waals surface area contributed by atoms with Gasteiger partial charge in [-0.2, -0.15) is 0 Å². The van der Waals surface area contributed by atoms with Crippen LogP contribution in [0.4, 0.5) is 5.69 Å². The van der Waals surface area contributed by atoms with Crippen LogP contribution in [0.15, 0.2) is 28.7 Å². The van der Waals surface area contributed by atoms with Crippen molar-refractivity contribution in [3.63, 3.8) is 0 Å². The lowest BCUT2D eigenvalue weighted by atomic mass is 10.3. The second-order valence-corrected chi connectivity index (χ2v) is 2.74. The number of hydrogen-bond donors (Lipinski definition) is 1. The molecule has 3 nitrogen and oxygen atoms in total. The van der Waals surface area contributed by atoms with E-state index >= 15 is 0 Å². The number of rotatable bonds is 3. The number of anilines is 1. The van der Waals surface area contributed by atoms with Crippen molar-refractivity contribution in [2.45, 2.75) is 0 Å². The van der Waals surface area contributed by atoms with Gasteiger partial charge in [0, 0.05) is 4.47 Å². The average Bonchev–Trinajstić information content (AvgIpc) is 2.04. The standard InChI is InChI=1S/C7H6BrNO2/c8-6-1-3-7(4-2-6)9-11-5-10/h1-5,9H. The first kappa shape index (κ1) is 8.07. The van der Waals surface area contributed by atoms with Gasteiger partial charge in [0.25, 0.3) is 0 Å². The molecule has 0 unspecified atom stereocenters. The van der Waals surface area contributed by atoms with Gasteiger partial charge in [0.1, 0.15) is 0 Å². The van der Waals surface area contributed by atoms with E-state index in [0.717, 1.165) is 10.2 Å². The average molecular weight is 216 g/mol. The van der Waals surface area contributed by atoms with E-state index in [-0.39, 0.29) is 0 Å². The van der Waals surface area contributed by atoms with Crippen LogP contribution in [0.3, 0.4) is 0 Å². The van der Waals surface area contributed by atoms with E-state index in [1.165, 1.54) is 0 Å². The van der Waals surface area contributed by atoms with E-state index < -0.39 is 0 Å². The summed E-state index contributed by atoms with van der Waals surface area (Å²) in [7, 11) is 0. The fourth-order valence-electron chi connectivity index (χ4n) is 0.610. The van der Waals surface area contributed by atoms with Gasteiger partial charge in [0.15, 0.2) is 0 Å². The Hall–Kier alpha value is -1.03. The Bertz CT molecular complexity index is 235. The minimum Gasteiger partial charge on any atom is -0.347 e. The van der Waals surface area contributed by atoms with Crippen LogP contribution >= 0.6 is 15.9 Å². The summed E-state index contributed by atoms with van der Waals surface area (Å²) in [6.45, 7) is 0.335. The maximum absolute atomic E-state index is 9.75. The molecule has 0 saturated carbocycles. The van der Waals surface area contributed by atoms with Crippen LogP contribution in [0.2, 0.25) is 0 Å². The highest BCUT2D eigenvalue weighted by Gasteiger charge is 1.89. The number of hydrogen-bond acceptors (Lipinski definition) is 3. The first-order valence-corrected chi connectivity index (χ1v) is 3.73. The summed E-state index contributed by atoms with van der Waals surface area (Å²) in [6.07, 6.45) is 0. The van der Waals surface area contributed by atoms with Gasteiger partial charge in [0.05, 0.1) is 5.69 Å². The molecular formula is C7H6BrNO2. The van der Waals surface area contributed by atoms with Gasteiger partial charge in [-0.15, -0.1) is 0 Å². The van der Waals surface area contributed by atoms with E-state index in [1.807, 2.05) is 12.1 Å². The van der Waals surface area contributed by atoms with Crippen molar-refractivity contribution in [1.82, 2.24) is 0 Å². The monoisotopic (exact) mass is 215 g/mol. The van der Waals surface area contributed by atoms with Gasteiger partial charge in [-0.3, -0.25) is 4.79 Å². The first-order valence-electron chi connectivity index (χ1n) is 2.94. The van der Waals surface area contributed by atoms with Gasteiger partial charge < -0.3 is 4.84 Å². The Balaban J connectivity index is 2.58. The zero-order valence-corrected chi connectivity index (χ0v) is 7.17. The fourth-order valence-corrected chi connectivity index (χ4v) is 0.874. The third kappa shape index (κ3) is 2.59. The molecule has 0 aliphatic carbocycles. The second kappa shape index (κ2) is 3.98. The molecule has 1 aromatic rings. The maximum Gasteiger partial charge on any atom is 0.320 e. The summed E-state index contributed by atoms with van der Waals surface area (Å²) in [5.41, 5.74) is 3.17. The third-order valence-electron chi connectivity index (χ3n) is 1.07. The van der Waals surface area contributed by atoms with E-state index in [0.29, 0.717) is 6.47 Å². The predicted molar refractivity (Wildman–Crippen MR) is 44.9 cm³/mol. The van der Waals surface area contributed by atoms with Gasteiger partial charge in [-0.1, -0.05) is 15.9 Å². The summed E-state index contributed by atoms with van der Waals surface area (Å²) >= 11 is 3.28. The van der Waals surface area contributed by atoms with E-state index in [4.69, 9.17) is 0 Å². The first-order chi connectivity index (χ1) is 5.33. The Labute approximate surface area is 72.4 Å². The van der Waals surface area contributed by atoms with Crippen LogP contribution in [0.1, 0.15) is 0 Å². The zero-order valence-electron chi connectivity index (χ0n) is 5.58. The van der Waals surface area contributed by atoms with Gasteiger partial charge in [-0.05, 0) is 24.3 Å². The molecule has 0 saturated heterocycles. The van der Waals surface area contributed by atoms with Crippen molar-refractivity contribution in [1.29, 1.82) is 0 Å². The normalized spacial score (nSPS) is 8.82. The molecule has 0 fully saturated rings. The van der Waals surface area contributed by atoms with Crippen LogP contribution in [-0.2, 0) is 9.63 Å². The van der Waals surface area contributed by atoms with Crippen LogP contribution in [0.5, 0.6) is 0 Å². The lowest BCUT2D eigenvalue weighted by Gasteiger charge is -2.00. The summed E-state index contributed by atoms with van der Waals surface area (Å²) in [5.74, 6) is 0. The predicted octanol–water partition coefficient (Wildman–Crippen LogP) is 1.95. The lowest BCUT2D eigenvalue weighted by Crippen LogP contribution is -1.97. The lowest BCUT2D eigenvalue weighted by molar-refractivity contribution is -0.126. The Morgan fingerprint density at radius 1 is 1.36 bits per heavy atom. The van der Waals surface area contributed by atoms with Crippen molar-refractivity contribution in [3.05, 3.63) is 28.7 Å². The largest absolute Gasteiger partial charge is 0.347 e. The minimum absolute atomic E-state index is 0.335. The highest BCUT2D eigenvalue weighted by atomic mass is 79.9. The summed E-state index contributed by atoms with van der Waals surface area (Å²) in [5, 5.41) is 0. The molecule has 0 aliphatic heterocycles. The smallest absolute Gasteiger partial charge is 0.320 e. The molecular weight excluding hydrogens is 210 g/mol. The van der Waals surface area contributed by atoms with Crippen molar-refractivity contribution in [2.75, 3.05) is 5.48 Å². The van der Waals surface area contributed by atoms with Crippen LogP contribution in [0.25, 0.3) is 0 Å². The van der Waals surface area contributed by atoms with Crippen molar-refractivity contribution in [2.24, 2.45) is 0 Å². The SMILES string of the molecule is O=CONc1ccc(Br)cc1. The van der Waals surface area contributed by atoms with Crippen LogP contribution < -0.4 is 5.48 Å². The molecule has 1 aromatic carbocycles. The number of benzene rings is 1. The minimum atomic E-state index is 0.335. The summed E-state index contributed by atoms with van der Waals surface area (Å²) in [4.78, 5) is 14.1. The molecule has 0 amide bonds. The van der Waals surface area contributed by atoms with Gasteiger partial charge >= 0.3 is 6.47 Å². The Kier molecular flexibility index (Phi) is 2.92. The molecule has 1 rings (SSSR count). The molecule has 1 N–H and O–H groups in total. The molecule has 11 heavy (non-hydrogen) atoms. The fraction of sp³-hybridized carbons (Fsp3) is 0. The zero-order chi connectivity index (χ0) is 8.10. The highest BCUT2D eigenvalue weighted by molar-refractivity contribution is 9.10. The van der Waals surface area contributed by atoms with E-state index in [2.05, 4.69) is 26.2 Å². The molecule has 0 spiro atoms. The molecule has 0 bridgehead atoms. The molecule has 58 valence electrons. The van der Waals surface area contributed by atoms with Gasteiger partial charge in [0.2, 0.25) is 0 Å². The van der Waals surface area contributed by atoms with E-state index in [1.54, 1.807) is 12.1 Å². The molecule has 0 aliphatic rings. The molecule has 4 heteroatoms. The Morgan fingerprint density at radius 2 is 2.00 bits per heavy atom. The topological polar surface area (TPSA) is 38.3 Å². The maximum atomic E-state index is 9.75. The van der Waals surface area contributed by atoms with Gasteiger partial charge in [-0.25, -0.2) is 5.48 Å². The van der Waals surface area contributed by atoms with Crippen molar-refractivity contribution >= 4 is 28.1 Å². The van der Waals surface area contributed by atoms with E-state index in [9.17, 15) is 4.79 Å². The summed E-state index contributed by atoms with van der Waals surface area (Å²) in [6, 6.07) is 7.26. The number of halogens is 1. The molecule has 0 atom stereocenters. The quantitative estimate of drug-likeness (QED) is 0.619. The Morgan fingerprint density at radius 3 is 2.55 bits per heavy atom. The number of carbonyl (C=O) groups excluding carboxylic acids is 1. The highest BCUT2D eigenvalue weighted by Crippen LogP contribution is 2.13.